The van der Waals surface area contributed by atoms with Gasteiger partial charge in [-0.05, 0) is 55.3 Å². The van der Waals surface area contributed by atoms with Gasteiger partial charge in [-0.25, -0.2) is 9.97 Å². The van der Waals surface area contributed by atoms with Crippen molar-refractivity contribution in [3.8, 4) is 45.0 Å². The molecule has 0 aliphatic heterocycles. The van der Waals surface area contributed by atoms with Gasteiger partial charge in [0.1, 0.15) is 0 Å². The highest BCUT2D eigenvalue weighted by Crippen LogP contribution is 2.64. The molecule has 0 fully saturated rings. The highest BCUT2D eigenvalue weighted by atomic mass is 14.9. The van der Waals surface area contributed by atoms with Crippen LogP contribution in [-0.4, -0.2) is 9.97 Å². The van der Waals surface area contributed by atoms with E-state index in [1.165, 1.54) is 55.3 Å². The Hall–Kier alpha value is -6.90. The first kappa shape index (κ1) is 30.7. The smallest absolute Gasteiger partial charge is 0.160 e. The van der Waals surface area contributed by atoms with Gasteiger partial charge in [-0.1, -0.05) is 200 Å². The van der Waals surface area contributed by atoms with Gasteiger partial charge >= 0.3 is 0 Å². The lowest BCUT2D eigenvalue weighted by Crippen LogP contribution is -2.27. The molecule has 1 atom stereocenters. The Labute approximate surface area is 315 Å². The van der Waals surface area contributed by atoms with E-state index in [9.17, 15) is 0 Å². The van der Waals surface area contributed by atoms with E-state index in [4.69, 9.17) is 9.97 Å². The van der Waals surface area contributed by atoms with Crippen LogP contribution in [-0.2, 0) is 5.41 Å². The highest BCUT2D eigenvalue weighted by Gasteiger charge is 2.54. The van der Waals surface area contributed by atoms with Crippen molar-refractivity contribution in [2.75, 3.05) is 0 Å². The molecule has 1 aromatic heterocycles. The second-order valence-electron chi connectivity index (χ2n) is 14.4. The summed E-state index contributed by atoms with van der Waals surface area (Å²) >= 11 is 0. The van der Waals surface area contributed by atoms with E-state index in [0.29, 0.717) is 0 Å². The fourth-order valence-corrected chi connectivity index (χ4v) is 9.41. The minimum absolute atomic E-state index is 0.0591. The number of hydrogen-bond donors (Lipinski definition) is 0. The summed E-state index contributed by atoms with van der Waals surface area (Å²) in [6, 6.07) is 72.7. The quantitative estimate of drug-likeness (QED) is 0.168. The van der Waals surface area contributed by atoms with Crippen molar-refractivity contribution in [1.29, 1.82) is 0 Å². The Balaban J connectivity index is 1.28. The van der Waals surface area contributed by atoms with Crippen molar-refractivity contribution < 1.29 is 0 Å². The van der Waals surface area contributed by atoms with E-state index in [2.05, 4.69) is 200 Å². The summed E-state index contributed by atoms with van der Waals surface area (Å²) in [7, 11) is 0. The van der Waals surface area contributed by atoms with Crippen molar-refractivity contribution in [3.05, 3.63) is 239 Å². The monoisotopic (exact) mass is 686 g/mol. The molecule has 252 valence electrons. The zero-order chi connectivity index (χ0) is 35.6. The minimum Gasteiger partial charge on any atom is -0.228 e. The van der Waals surface area contributed by atoms with Gasteiger partial charge in [0, 0.05) is 28.2 Å². The summed E-state index contributed by atoms with van der Waals surface area (Å²) in [5.74, 6) is 0.793. The lowest BCUT2D eigenvalue weighted by molar-refractivity contribution is 0.784. The molecule has 0 saturated heterocycles. The Kier molecular flexibility index (Phi) is 6.87. The second-order valence-corrected chi connectivity index (χ2v) is 14.4. The third kappa shape index (κ3) is 4.41. The number of nitrogens with zero attached hydrogens (tertiary/aromatic N) is 2. The Morgan fingerprint density at radius 1 is 0.370 bits per heavy atom. The van der Waals surface area contributed by atoms with E-state index >= 15 is 0 Å². The van der Waals surface area contributed by atoms with Crippen molar-refractivity contribution in [3.63, 3.8) is 0 Å². The zero-order valence-corrected chi connectivity index (χ0v) is 29.5. The first-order valence-corrected chi connectivity index (χ1v) is 18.7. The molecular weight excluding hydrogens is 653 g/mol. The van der Waals surface area contributed by atoms with Gasteiger partial charge in [0.15, 0.2) is 5.82 Å². The minimum atomic E-state index is -0.646. The molecule has 2 heteroatoms. The maximum Gasteiger partial charge on any atom is 0.160 e. The van der Waals surface area contributed by atoms with Crippen LogP contribution in [0.5, 0.6) is 0 Å². The topological polar surface area (TPSA) is 25.8 Å². The largest absolute Gasteiger partial charge is 0.228 e. The Morgan fingerprint density at radius 2 is 0.889 bits per heavy atom. The average molecular weight is 687 g/mol. The van der Waals surface area contributed by atoms with E-state index < -0.39 is 5.41 Å². The van der Waals surface area contributed by atoms with E-state index in [0.717, 1.165) is 39.5 Å². The van der Waals surface area contributed by atoms with Crippen LogP contribution in [0.15, 0.2) is 200 Å². The molecule has 0 N–H and O–H groups in total. The predicted octanol–water partition coefficient (Wildman–Crippen LogP) is 12.5. The van der Waals surface area contributed by atoms with Gasteiger partial charge in [0.2, 0.25) is 0 Å². The molecule has 1 heterocycles. The SMILES string of the molecule is c1ccc(-c2nc3c(c(-c4cccc5ccccc45)n2)C2(c4ccccc4-c4ccc(C(c5ccccc5)c5ccccc5)cc42)c2ccccc2-3)cc1. The van der Waals surface area contributed by atoms with Crippen molar-refractivity contribution in [1.82, 2.24) is 9.97 Å². The predicted molar refractivity (Wildman–Crippen MR) is 221 cm³/mol. The standard InChI is InChI=1S/C52H34N2/c1-4-18-35(19-5-1)47(36-20-6-2-7-21-36)38-31-32-41-40-26-12-14-29-44(40)52(46(41)33-38)45-30-15-13-27-43(45)50-48(52)49(53-51(54-50)37-22-8-3-9-23-37)42-28-16-24-34-17-10-11-25-39(34)42/h1-33,47H. The first-order chi connectivity index (χ1) is 26.8. The fraction of sp³-hybridized carbons (Fsp3) is 0.0385. The summed E-state index contributed by atoms with van der Waals surface area (Å²) in [5.41, 5.74) is 15.9. The summed E-state index contributed by atoms with van der Waals surface area (Å²) in [5, 5.41) is 2.37. The van der Waals surface area contributed by atoms with Crippen LogP contribution in [0.3, 0.4) is 0 Å². The molecule has 0 saturated carbocycles. The number of aromatic nitrogens is 2. The first-order valence-electron chi connectivity index (χ1n) is 18.7. The van der Waals surface area contributed by atoms with Crippen LogP contribution in [0.2, 0.25) is 0 Å². The maximum atomic E-state index is 5.62. The van der Waals surface area contributed by atoms with Gasteiger partial charge in [-0.2, -0.15) is 0 Å². The Morgan fingerprint density at radius 3 is 1.61 bits per heavy atom. The number of benzene rings is 8. The van der Waals surface area contributed by atoms with Crippen LogP contribution in [0.25, 0.3) is 55.8 Å². The third-order valence-corrected chi connectivity index (χ3v) is 11.6. The van der Waals surface area contributed by atoms with Crippen molar-refractivity contribution in [2.24, 2.45) is 0 Å². The third-order valence-electron chi connectivity index (χ3n) is 11.6. The van der Waals surface area contributed by atoms with E-state index in [-0.39, 0.29) is 5.92 Å². The van der Waals surface area contributed by atoms with Crippen molar-refractivity contribution in [2.45, 2.75) is 11.3 Å². The van der Waals surface area contributed by atoms with Crippen LogP contribution in [0.4, 0.5) is 0 Å². The normalized spacial score (nSPS) is 14.9. The summed E-state index contributed by atoms with van der Waals surface area (Å²) < 4.78 is 0. The summed E-state index contributed by atoms with van der Waals surface area (Å²) in [6.07, 6.45) is 0. The van der Waals surface area contributed by atoms with Gasteiger partial charge in [0.25, 0.3) is 0 Å². The molecule has 0 amide bonds. The lowest BCUT2D eigenvalue weighted by Gasteiger charge is -2.32. The molecule has 2 aliphatic rings. The molecule has 9 aromatic rings. The molecule has 1 spiro atoms. The molecule has 2 aliphatic carbocycles. The average Bonchev–Trinajstić information content (AvgIpc) is 3.71. The number of rotatable bonds is 5. The van der Waals surface area contributed by atoms with Crippen LogP contribution in [0.1, 0.15) is 44.9 Å². The molecule has 54 heavy (non-hydrogen) atoms. The zero-order valence-electron chi connectivity index (χ0n) is 29.5. The summed E-state index contributed by atoms with van der Waals surface area (Å²) in [6.45, 7) is 0. The molecule has 1 unspecified atom stereocenters. The van der Waals surface area contributed by atoms with Gasteiger partial charge < -0.3 is 0 Å². The Bertz CT molecular complexity index is 2830. The maximum absolute atomic E-state index is 5.62. The van der Waals surface area contributed by atoms with Gasteiger partial charge in [0.05, 0.1) is 16.8 Å². The van der Waals surface area contributed by atoms with Gasteiger partial charge in [-0.15, -0.1) is 0 Å². The summed E-state index contributed by atoms with van der Waals surface area (Å²) in [4.78, 5) is 11.2. The molecular formula is C52H34N2. The molecule has 0 radical (unpaired) electrons. The van der Waals surface area contributed by atoms with Crippen LogP contribution in [0, 0.1) is 0 Å². The molecule has 11 rings (SSSR count). The molecule has 2 nitrogen and oxygen atoms in total. The van der Waals surface area contributed by atoms with E-state index in [1.807, 2.05) is 0 Å². The highest BCUT2D eigenvalue weighted by molar-refractivity contribution is 6.02. The fourth-order valence-electron chi connectivity index (χ4n) is 9.41. The van der Waals surface area contributed by atoms with Crippen molar-refractivity contribution >= 4 is 10.8 Å². The number of fused-ring (bicyclic) bond motifs is 11. The van der Waals surface area contributed by atoms with Crippen LogP contribution < -0.4 is 0 Å². The lowest BCUT2D eigenvalue weighted by atomic mass is 9.69. The molecule has 8 aromatic carbocycles. The number of hydrogen-bond acceptors (Lipinski definition) is 2. The molecule has 0 bridgehead atoms. The second kappa shape index (κ2) is 12.1. The van der Waals surface area contributed by atoms with Gasteiger partial charge in [-0.3, -0.25) is 0 Å². The van der Waals surface area contributed by atoms with E-state index in [1.54, 1.807) is 0 Å². The van der Waals surface area contributed by atoms with Crippen LogP contribution >= 0.6 is 0 Å².